The number of rotatable bonds is 4. The fourth-order valence-corrected chi connectivity index (χ4v) is 1.91. The summed E-state index contributed by atoms with van der Waals surface area (Å²) in [5, 5.41) is 3.94. The molecule has 0 fully saturated rings. The first-order valence-electron chi connectivity index (χ1n) is 5.06. The van der Waals surface area contributed by atoms with Crippen molar-refractivity contribution >= 4 is 17.3 Å². The molecule has 1 amide bonds. The first-order valence-corrected chi connectivity index (χ1v) is 5.06. The van der Waals surface area contributed by atoms with Crippen LogP contribution in [-0.2, 0) is 11.2 Å². The third kappa shape index (κ3) is 1.86. The lowest BCUT2D eigenvalue weighted by molar-refractivity contribution is -0.109. The van der Waals surface area contributed by atoms with Gasteiger partial charge in [0.15, 0.2) is 0 Å². The minimum Gasteiger partial charge on any atom is -0.358 e. The summed E-state index contributed by atoms with van der Waals surface area (Å²) >= 11 is 0. The minimum absolute atomic E-state index is 0.687. The predicted octanol–water partition coefficient (Wildman–Crippen LogP) is 1.76. The molecule has 1 heterocycles. The quantitative estimate of drug-likeness (QED) is 0.576. The number of H-pyrrole nitrogens is 1. The van der Waals surface area contributed by atoms with Gasteiger partial charge in [0, 0.05) is 23.1 Å². The fraction of sp³-hybridized carbons (Fsp3) is 0.250. The highest BCUT2D eigenvalue weighted by atomic mass is 16.1. The first kappa shape index (κ1) is 9.77. The molecule has 1 aromatic heterocycles. The molecular weight excluding hydrogens is 188 g/mol. The number of amides is 1. The molecule has 0 saturated heterocycles. The average Bonchev–Trinajstić information content (AvgIpc) is 2.56. The number of carbonyl (C=O) groups is 1. The Balaban J connectivity index is 2.32. The summed E-state index contributed by atoms with van der Waals surface area (Å²) in [5.41, 5.74) is 3.64. The summed E-state index contributed by atoms with van der Waals surface area (Å²) in [4.78, 5) is 13.5. The van der Waals surface area contributed by atoms with Gasteiger partial charge in [-0.1, -0.05) is 18.2 Å². The van der Waals surface area contributed by atoms with Gasteiger partial charge in [0.05, 0.1) is 0 Å². The normalized spacial score (nSPS) is 10.5. The van der Waals surface area contributed by atoms with Crippen molar-refractivity contribution in [2.75, 3.05) is 6.54 Å². The lowest BCUT2D eigenvalue weighted by atomic mass is 10.1. The molecule has 0 bridgehead atoms. The van der Waals surface area contributed by atoms with Crippen LogP contribution in [0.2, 0.25) is 0 Å². The molecule has 0 spiro atoms. The highest BCUT2D eigenvalue weighted by Gasteiger charge is 2.06. The third-order valence-electron chi connectivity index (χ3n) is 2.63. The van der Waals surface area contributed by atoms with E-state index in [1.165, 1.54) is 16.6 Å². The van der Waals surface area contributed by atoms with Crippen molar-refractivity contribution in [2.45, 2.75) is 13.3 Å². The van der Waals surface area contributed by atoms with Gasteiger partial charge in [0.25, 0.3) is 0 Å². The second-order valence-electron chi connectivity index (χ2n) is 3.60. The number of aromatic amines is 1. The highest BCUT2D eigenvalue weighted by Crippen LogP contribution is 2.21. The molecule has 2 N–H and O–H groups in total. The van der Waals surface area contributed by atoms with Crippen molar-refractivity contribution in [1.82, 2.24) is 10.3 Å². The van der Waals surface area contributed by atoms with Gasteiger partial charge in [-0.25, -0.2) is 0 Å². The van der Waals surface area contributed by atoms with Crippen molar-refractivity contribution in [3.8, 4) is 0 Å². The number of aryl methyl sites for hydroxylation is 1. The summed E-state index contributed by atoms with van der Waals surface area (Å²) in [6, 6.07) is 8.23. The molecule has 0 aliphatic heterocycles. The molecule has 2 rings (SSSR count). The van der Waals surface area contributed by atoms with E-state index >= 15 is 0 Å². The van der Waals surface area contributed by atoms with E-state index in [4.69, 9.17) is 0 Å². The SMILES string of the molecule is Cc1[nH]c2ccccc2c1CCNC=O. The van der Waals surface area contributed by atoms with E-state index in [0.29, 0.717) is 6.54 Å². The summed E-state index contributed by atoms with van der Waals surface area (Å²) in [5.74, 6) is 0. The third-order valence-corrected chi connectivity index (χ3v) is 2.63. The van der Waals surface area contributed by atoms with Crippen LogP contribution in [0.5, 0.6) is 0 Å². The van der Waals surface area contributed by atoms with Crippen LogP contribution in [0.1, 0.15) is 11.3 Å². The zero-order valence-electron chi connectivity index (χ0n) is 8.71. The second-order valence-corrected chi connectivity index (χ2v) is 3.60. The summed E-state index contributed by atoms with van der Waals surface area (Å²) < 4.78 is 0. The molecule has 1 aromatic carbocycles. The van der Waals surface area contributed by atoms with Crippen LogP contribution in [0.15, 0.2) is 24.3 Å². The Morgan fingerprint density at radius 1 is 1.40 bits per heavy atom. The Bertz CT molecular complexity index is 473. The van der Waals surface area contributed by atoms with E-state index in [1.54, 1.807) is 0 Å². The van der Waals surface area contributed by atoms with Gasteiger partial charge in [0.2, 0.25) is 6.41 Å². The molecule has 15 heavy (non-hydrogen) atoms. The molecule has 0 unspecified atom stereocenters. The molecular formula is C12H14N2O. The van der Waals surface area contributed by atoms with Gasteiger partial charge >= 0.3 is 0 Å². The lowest BCUT2D eigenvalue weighted by Gasteiger charge is -2.00. The topological polar surface area (TPSA) is 44.9 Å². The molecule has 78 valence electrons. The van der Waals surface area contributed by atoms with Crippen LogP contribution < -0.4 is 5.32 Å². The van der Waals surface area contributed by atoms with Gasteiger partial charge in [-0.15, -0.1) is 0 Å². The van der Waals surface area contributed by atoms with E-state index in [1.807, 2.05) is 12.1 Å². The molecule has 0 saturated carbocycles. The van der Waals surface area contributed by atoms with Gasteiger partial charge < -0.3 is 10.3 Å². The largest absolute Gasteiger partial charge is 0.358 e. The highest BCUT2D eigenvalue weighted by molar-refractivity contribution is 5.84. The molecule has 2 aromatic rings. The van der Waals surface area contributed by atoms with Crippen LogP contribution in [-0.4, -0.2) is 17.9 Å². The summed E-state index contributed by atoms with van der Waals surface area (Å²) in [7, 11) is 0. The number of hydrogen-bond donors (Lipinski definition) is 2. The number of benzene rings is 1. The molecule has 3 nitrogen and oxygen atoms in total. The van der Waals surface area contributed by atoms with Gasteiger partial charge in [-0.05, 0) is 25.0 Å². The maximum atomic E-state index is 10.2. The van der Waals surface area contributed by atoms with Crippen LogP contribution >= 0.6 is 0 Å². The summed E-state index contributed by atoms with van der Waals surface area (Å²) in [6.45, 7) is 2.75. The minimum atomic E-state index is 0.687. The smallest absolute Gasteiger partial charge is 0.207 e. The Kier molecular flexibility index (Phi) is 2.72. The molecule has 0 aliphatic carbocycles. The van der Waals surface area contributed by atoms with Crippen LogP contribution in [0, 0.1) is 6.92 Å². The van der Waals surface area contributed by atoms with Crippen LogP contribution in [0.4, 0.5) is 0 Å². The maximum Gasteiger partial charge on any atom is 0.207 e. The van der Waals surface area contributed by atoms with Crippen LogP contribution in [0.3, 0.4) is 0 Å². The van der Waals surface area contributed by atoms with Gasteiger partial charge in [-0.3, -0.25) is 4.79 Å². The fourth-order valence-electron chi connectivity index (χ4n) is 1.91. The Hall–Kier alpha value is -1.77. The van der Waals surface area contributed by atoms with E-state index in [-0.39, 0.29) is 0 Å². The van der Waals surface area contributed by atoms with E-state index in [9.17, 15) is 4.79 Å². The van der Waals surface area contributed by atoms with E-state index < -0.39 is 0 Å². The Morgan fingerprint density at radius 2 is 2.20 bits per heavy atom. The van der Waals surface area contributed by atoms with Gasteiger partial charge in [0.1, 0.15) is 0 Å². The van der Waals surface area contributed by atoms with Gasteiger partial charge in [-0.2, -0.15) is 0 Å². The summed E-state index contributed by atoms with van der Waals surface area (Å²) in [6.07, 6.45) is 1.61. The van der Waals surface area contributed by atoms with Crippen molar-refractivity contribution in [1.29, 1.82) is 0 Å². The molecule has 0 atom stereocenters. The zero-order chi connectivity index (χ0) is 10.7. The van der Waals surface area contributed by atoms with Crippen molar-refractivity contribution in [2.24, 2.45) is 0 Å². The Morgan fingerprint density at radius 3 is 3.00 bits per heavy atom. The van der Waals surface area contributed by atoms with Crippen LogP contribution in [0.25, 0.3) is 10.9 Å². The number of para-hydroxylation sites is 1. The molecule has 3 heteroatoms. The number of carbonyl (C=O) groups excluding carboxylic acids is 1. The number of nitrogens with one attached hydrogen (secondary N) is 2. The Labute approximate surface area is 88.5 Å². The van der Waals surface area contributed by atoms with Crippen molar-refractivity contribution < 1.29 is 4.79 Å². The number of fused-ring (bicyclic) bond motifs is 1. The van der Waals surface area contributed by atoms with E-state index in [0.717, 1.165) is 18.3 Å². The molecule has 0 aliphatic rings. The number of hydrogen-bond acceptors (Lipinski definition) is 1. The molecule has 0 radical (unpaired) electrons. The maximum absolute atomic E-state index is 10.2. The predicted molar refractivity (Wildman–Crippen MR) is 60.8 cm³/mol. The van der Waals surface area contributed by atoms with Crippen molar-refractivity contribution in [3.05, 3.63) is 35.5 Å². The zero-order valence-corrected chi connectivity index (χ0v) is 8.71. The van der Waals surface area contributed by atoms with E-state index in [2.05, 4.69) is 29.4 Å². The average molecular weight is 202 g/mol. The van der Waals surface area contributed by atoms with Crippen molar-refractivity contribution in [3.63, 3.8) is 0 Å². The number of aromatic nitrogens is 1. The monoisotopic (exact) mass is 202 g/mol. The first-order chi connectivity index (χ1) is 7.33. The lowest BCUT2D eigenvalue weighted by Crippen LogP contribution is -2.14. The standard InChI is InChI=1S/C12H14N2O/c1-9-10(6-7-13-8-15)11-4-2-3-5-12(11)14-9/h2-5,8,14H,6-7H2,1H3,(H,13,15). The second kappa shape index (κ2) is 4.17.